The van der Waals surface area contributed by atoms with Crippen molar-refractivity contribution in [1.29, 1.82) is 0 Å². The van der Waals surface area contributed by atoms with Crippen LogP contribution in [0.4, 0.5) is 0 Å². The number of carbonyl (C=O) groups is 1. The molecule has 0 atom stereocenters. The molecule has 0 saturated carbocycles. The van der Waals surface area contributed by atoms with E-state index < -0.39 is 5.97 Å². The van der Waals surface area contributed by atoms with E-state index in [4.69, 9.17) is 25.8 Å². The average molecular weight is 343 g/mol. The second kappa shape index (κ2) is 6.81. The highest BCUT2D eigenvalue weighted by Gasteiger charge is 2.23. The predicted molar refractivity (Wildman–Crippen MR) is 93.0 cm³/mol. The van der Waals surface area contributed by atoms with E-state index in [-0.39, 0.29) is 0 Å². The van der Waals surface area contributed by atoms with Gasteiger partial charge in [-0.3, -0.25) is 0 Å². The number of esters is 1. The van der Waals surface area contributed by atoms with E-state index in [2.05, 4.69) is 0 Å². The van der Waals surface area contributed by atoms with Crippen molar-refractivity contribution in [1.82, 2.24) is 0 Å². The fraction of sp³-hybridized carbons (Fsp3) is 0.105. The third-order valence-electron chi connectivity index (χ3n) is 3.61. The van der Waals surface area contributed by atoms with Crippen molar-refractivity contribution in [3.63, 3.8) is 0 Å². The third kappa shape index (κ3) is 3.14. The monoisotopic (exact) mass is 342 g/mol. The second-order valence-corrected chi connectivity index (χ2v) is 5.50. The van der Waals surface area contributed by atoms with E-state index >= 15 is 0 Å². The van der Waals surface area contributed by atoms with Crippen molar-refractivity contribution in [3.05, 3.63) is 70.3 Å². The highest BCUT2D eigenvalue weighted by molar-refractivity contribution is 6.32. The Morgan fingerprint density at radius 3 is 2.50 bits per heavy atom. The first-order valence-electron chi connectivity index (χ1n) is 7.25. The molecule has 0 unspecified atom stereocenters. The number of cyclic esters (lactones) is 1. The Morgan fingerprint density at radius 2 is 1.79 bits per heavy atom. The van der Waals surface area contributed by atoms with Crippen molar-refractivity contribution in [2.24, 2.45) is 0 Å². The van der Waals surface area contributed by atoms with Gasteiger partial charge < -0.3 is 14.2 Å². The van der Waals surface area contributed by atoms with Crippen LogP contribution in [0, 0.1) is 0 Å². The highest BCUT2D eigenvalue weighted by Crippen LogP contribution is 2.34. The van der Waals surface area contributed by atoms with Crippen LogP contribution in [0.3, 0.4) is 0 Å². The molecule has 3 rings (SSSR count). The van der Waals surface area contributed by atoms with Crippen LogP contribution in [-0.4, -0.2) is 20.2 Å². The summed E-state index contributed by atoms with van der Waals surface area (Å²) >= 11 is 6.13. The average Bonchev–Trinajstić information content (AvgIpc) is 2.97. The molecular formula is C19H15ClO4. The van der Waals surface area contributed by atoms with Crippen molar-refractivity contribution in [2.75, 3.05) is 14.2 Å². The molecule has 0 spiro atoms. The summed E-state index contributed by atoms with van der Waals surface area (Å²) in [4.78, 5) is 12.1. The number of ether oxygens (including phenoxy) is 3. The summed E-state index contributed by atoms with van der Waals surface area (Å²) in [6, 6.07) is 12.6. The Bertz CT molecular complexity index is 852. The van der Waals surface area contributed by atoms with Gasteiger partial charge in [-0.25, -0.2) is 4.79 Å². The van der Waals surface area contributed by atoms with Gasteiger partial charge in [-0.2, -0.15) is 0 Å². The number of halogens is 1. The molecule has 5 heteroatoms. The maximum absolute atomic E-state index is 12.1. The van der Waals surface area contributed by atoms with Gasteiger partial charge in [0.15, 0.2) is 11.5 Å². The van der Waals surface area contributed by atoms with Crippen molar-refractivity contribution in [3.8, 4) is 11.5 Å². The Labute approximate surface area is 144 Å². The largest absolute Gasteiger partial charge is 0.493 e. The normalized spacial score (nSPS) is 15.2. The molecule has 0 N–H and O–H groups in total. The zero-order valence-electron chi connectivity index (χ0n) is 13.2. The summed E-state index contributed by atoms with van der Waals surface area (Å²) in [6.45, 7) is 0. The lowest BCUT2D eigenvalue weighted by atomic mass is 10.1. The minimum absolute atomic E-state index is 0.417. The predicted octanol–water partition coefficient (Wildman–Crippen LogP) is 4.34. The number of methoxy groups -OCH3 is 2. The first kappa shape index (κ1) is 16.1. The molecule has 0 bridgehead atoms. The van der Waals surface area contributed by atoms with Crippen LogP contribution in [0.5, 0.6) is 11.5 Å². The molecule has 0 aliphatic carbocycles. The summed E-state index contributed by atoms with van der Waals surface area (Å²) in [6.07, 6.45) is 3.39. The SMILES string of the molecule is COc1ccc(C2=C/C(=C/c3ccccc3Cl)C(=O)O2)cc1OC. The molecule has 2 aromatic carbocycles. The van der Waals surface area contributed by atoms with Crippen LogP contribution in [0.2, 0.25) is 5.02 Å². The van der Waals surface area contributed by atoms with Gasteiger partial charge in [0.1, 0.15) is 5.76 Å². The van der Waals surface area contributed by atoms with E-state index in [0.29, 0.717) is 27.9 Å². The summed E-state index contributed by atoms with van der Waals surface area (Å²) in [5.41, 5.74) is 1.92. The van der Waals surface area contributed by atoms with Crippen LogP contribution >= 0.6 is 11.6 Å². The second-order valence-electron chi connectivity index (χ2n) is 5.09. The summed E-state index contributed by atoms with van der Waals surface area (Å²) in [7, 11) is 3.12. The molecule has 4 nitrogen and oxygen atoms in total. The number of hydrogen-bond donors (Lipinski definition) is 0. The molecule has 1 heterocycles. The smallest absolute Gasteiger partial charge is 0.343 e. The van der Waals surface area contributed by atoms with Crippen LogP contribution in [0.25, 0.3) is 11.8 Å². The summed E-state index contributed by atoms with van der Waals surface area (Å²) < 4.78 is 15.8. The molecule has 0 amide bonds. The van der Waals surface area contributed by atoms with Gasteiger partial charge in [0.2, 0.25) is 0 Å². The topological polar surface area (TPSA) is 44.8 Å². The van der Waals surface area contributed by atoms with E-state index in [0.717, 1.165) is 11.1 Å². The molecule has 0 radical (unpaired) electrons. The lowest BCUT2D eigenvalue weighted by Crippen LogP contribution is -1.98. The molecule has 2 aromatic rings. The number of benzene rings is 2. The van der Waals surface area contributed by atoms with Gasteiger partial charge in [-0.05, 0) is 42.0 Å². The lowest BCUT2D eigenvalue weighted by Gasteiger charge is -2.09. The minimum atomic E-state index is -0.417. The fourth-order valence-electron chi connectivity index (χ4n) is 2.38. The zero-order valence-corrected chi connectivity index (χ0v) is 14.0. The summed E-state index contributed by atoms with van der Waals surface area (Å²) in [5.74, 6) is 1.22. The number of rotatable bonds is 4. The molecule has 122 valence electrons. The van der Waals surface area contributed by atoms with Gasteiger partial charge in [0.25, 0.3) is 0 Å². The quantitative estimate of drug-likeness (QED) is 0.612. The standard InChI is InChI=1S/C19H15ClO4/c1-22-16-8-7-13(10-18(16)23-2)17-11-14(19(21)24-17)9-12-5-3-4-6-15(12)20/h3-11H,1-2H3/b14-9-. The Morgan fingerprint density at radius 1 is 1.04 bits per heavy atom. The number of hydrogen-bond acceptors (Lipinski definition) is 4. The van der Waals surface area contributed by atoms with E-state index in [1.165, 1.54) is 0 Å². The fourth-order valence-corrected chi connectivity index (χ4v) is 2.57. The van der Waals surface area contributed by atoms with Gasteiger partial charge >= 0.3 is 5.97 Å². The van der Waals surface area contributed by atoms with E-state index in [9.17, 15) is 4.79 Å². The maximum Gasteiger partial charge on any atom is 0.343 e. The molecule has 24 heavy (non-hydrogen) atoms. The summed E-state index contributed by atoms with van der Waals surface area (Å²) in [5, 5.41) is 0.575. The van der Waals surface area contributed by atoms with Crippen molar-refractivity contribution >= 4 is 29.4 Å². The molecule has 1 aliphatic rings. The van der Waals surface area contributed by atoms with E-state index in [1.54, 1.807) is 50.6 Å². The van der Waals surface area contributed by atoms with Gasteiger partial charge in [-0.1, -0.05) is 29.8 Å². The highest BCUT2D eigenvalue weighted by atomic mass is 35.5. The van der Waals surface area contributed by atoms with Gasteiger partial charge in [0, 0.05) is 10.6 Å². The Kier molecular flexibility index (Phi) is 4.58. The first-order valence-corrected chi connectivity index (χ1v) is 7.62. The lowest BCUT2D eigenvalue weighted by molar-refractivity contribution is -0.130. The molecular weight excluding hydrogens is 328 g/mol. The molecule has 1 aliphatic heterocycles. The van der Waals surface area contributed by atoms with Crippen LogP contribution in [0.15, 0.2) is 54.1 Å². The first-order chi connectivity index (χ1) is 11.6. The van der Waals surface area contributed by atoms with Gasteiger partial charge in [0.05, 0.1) is 19.8 Å². The molecule has 0 fully saturated rings. The Balaban J connectivity index is 1.96. The molecule has 0 saturated heterocycles. The van der Waals surface area contributed by atoms with Crippen LogP contribution in [-0.2, 0) is 9.53 Å². The van der Waals surface area contributed by atoms with Crippen molar-refractivity contribution < 1.29 is 19.0 Å². The minimum Gasteiger partial charge on any atom is -0.493 e. The maximum atomic E-state index is 12.1. The van der Waals surface area contributed by atoms with Crippen LogP contribution < -0.4 is 9.47 Å². The van der Waals surface area contributed by atoms with Crippen LogP contribution in [0.1, 0.15) is 11.1 Å². The van der Waals surface area contributed by atoms with E-state index in [1.807, 2.05) is 18.2 Å². The number of carbonyl (C=O) groups excluding carboxylic acids is 1. The molecule has 0 aromatic heterocycles. The van der Waals surface area contributed by atoms with Gasteiger partial charge in [-0.15, -0.1) is 0 Å². The Hall–Kier alpha value is -2.72. The third-order valence-corrected chi connectivity index (χ3v) is 3.95. The zero-order chi connectivity index (χ0) is 17.1. The van der Waals surface area contributed by atoms with Crippen molar-refractivity contribution in [2.45, 2.75) is 0 Å².